The number of nitriles is 1. The van der Waals surface area contributed by atoms with E-state index in [9.17, 15) is 5.26 Å². The molecule has 0 aromatic heterocycles. The van der Waals surface area contributed by atoms with Crippen LogP contribution in [0.2, 0.25) is 39.3 Å². The molecule has 0 bridgehead atoms. The summed E-state index contributed by atoms with van der Waals surface area (Å²) < 4.78 is -0.199. The number of anilines is 6. The molecule has 0 N–H and O–H groups in total. The summed E-state index contributed by atoms with van der Waals surface area (Å²) in [6, 6.07) is 67.4. The van der Waals surface area contributed by atoms with E-state index in [0.29, 0.717) is 11.3 Å². The molecule has 1 aliphatic rings. The highest BCUT2D eigenvalue weighted by Gasteiger charge is 2.60. The van der Waals surface area contributed by atoms with E-state index in [1.54, 1.807) is 0 Å². The van der Waals surface area contributed by atoms with Gasteiger partial charge in [0, 0.05) is 38.5 Å². The highest BCUT2D eigenvalue weighted by Crippen LogP contribution is 2.64. The third-order valence-corrected chi connectivity index (χ3v) is 23.4. The van der Waals surface area contributed by atoms with Gasteiger partial charge in [0.05, 0.1) is 40.0 Å². The molecule has 0 amide bonds. The van der Waals surface area contributed by atoms with Gasteiger partial charge in [-0.05, 0) is 128 Å². The molecule has 4 nitrogen and oxygen atoms in total. The van der Waals surface area contributed by atoms with Crippen molar-refractivity contribution in [3.63, 3.8) is 0 Å². The summed E-state index contributed by atoms with van der Waals surface area (Å²) in [5.41, 5.74) is 13.3. The van der Waals surface area contributed by atoms with E-state index >= 15 is 0 Å². The molecule has 6 heteroatoms. The minimum atomic E-state index is -2.21. The molecule has 0 aliphatic heterocycles. The highest BCUT2D eigenvalue weighted by atomic mass is 28.4. The average Bonchev–Trinajstić information content (AvgIpc) is 3.64. The van der Waals surface area contributed by atoms with Crippen LogP contribution in [0, 0.1) is 17.9 Å². The largest absolute Gasteiger partial charge is 0.311 e. The van der Waals surface area contributed by atoms with Gasteiger partial charge in [-0.1, -0.05) is 142 Å². The molecule has 0 saturated carbocycles. The van der Waals surface area contributed by atoms with Crippen LogP contribution in [0.3, 0.4) is 0 Å². The van der Waals surface area contributed by atoms with Crippen molar-refractivity contribution in [1.82, 2.24) is 0 Å². The summed E-state index contributed by atoms with van der Waals surface area (Å²) >= 11 is 0. The predicted octanol–water partition coefficient (Wildman–Crippen LogP) is 16.5. The Morgan fingerprint density at radius 2 is 0.937 bits per heavy atom. The summed E-state index contributed by atoms with van der Waals surface area (Å²) in [4.78, 5) is 8.41. The van der Waals surface area contributed by atoms with E-state index in [2.05, 4.69) is 218 Å². The van der Waals surface area contributed by atoms with Gasteiger partial charge >= 0.3 is 0 Å². The number of hydrogen-bond donors (Lipinski definition) is 0. The van der Waals surface area contributed by atoms with E-state index in [1.165, 1.54) is 54.6 Å². The van der Waals surface area contributed by atoms with Crippen molar-refractivity contribution in [2.75, 3.05) is 9.80 Å². The van der Waals surface area contributed by atoms with Crippen LogP contribution in [-0.2, 0) is 4.66 Å². The number of rotatable bonds is 8. The fraction of sp³-hybridized carbons (Fsp3) is 0.123. The molecule has 1 aliphatic carbocycles. The molecule has 10 rings (SSSR count). The van der Waals surface area contributed by atoms with Gasteiger partial charge < -0.3 is 9.80 Å². The maximum absolute atomic E-state index is 9.79. The average molecular weight is 845 g/mol. The van der Waals surface area contributed by atoms with Crippen molar-refractivity contribution in [1.29, 1.82) is 5.26 Å². The molecule has 304 valence electrons. The van der Waals surface area contributed by atoms with Gasteiger partial charge in [0.1, 0.15) is 0 Å². The van der Waals surface area contributed by atoms with E-state index in [4.69, 9.17) is 6.57 Å². The molecule has 9 aromatic carbocycles. The maximum Gasteiger partial charge on any atom is 0.187 e. The van der Waals surface area contributed by atoms with Crippen LogP contribution < -0.4 is 9.80 Å². The fourth-order valence-electron chi connectivity index (χ4n) is 11.3. The molecular formula is C57H48N4Si2. The lowest BCUT2D eigenvalue weighted by Crippen LogP contribution is -2.63. The fourth-order valence-corrected chi connectivity index (χ4v) is 24.3. The first kappa shape index (κ1) is 39.9. The molecular weight excluding hydrogens is 797 g/mol. The quantitative estimate of drug-likeness (QED) is 0.0868. The predicted molar refractivity (Wildman–Crippen MR) is 272 cm³/mol. The molecule has 0 radical (unpaired) electrons. The van der Waals surface area contributed by atoms with Crippen LogP contribution in [0.15, 0.2) is 182 Å². The Morgan fingerprint density at radius 1 is 0.460 bits per heavy atom. The van der Waals surface area contributed by atoms with E-state index < -0.39 is 16.1 Å². The van der Waals surface area contributed by atoms with E-state index in [0.717, 1.165) is 34.1 Å². The Labute approximate surface area is 372 Å². The van der Waals surface area contributed by atoms with Crippen molar-refractivity contribution in [2.24, 2.45) is 0 Å². The van der Waals surface area contributed by atoms with Crippen LogP contribution in [-0.4, -0.2) is 16.1 Å². The monoisotopic (exact) mass is 844 g/mol. The van der Waals surface area contributed by atoms with Crippen molar-refractivity contribution in [2.45, 2.75) is 43.9 Å². The van der Waals surface area contributed by atoms with Gasteiger partial charge in [-0.2, -0.15) is 5.26 Å². The lowest BCUT2D eigenvalue weighted by atomic mass is 9.89. The molecule has 0 saturated heterocycles. The SMILES string of the molecule is [C-]#[N+]c1ccc(N(c2ccccc2)c2ccc3c4c(c5ccccc5c3c2)-c2c(cc(N(c3ccccc3)c3ccc(C#N)cc3)c3ccccc23)C4([Si](C)(C)C)[Si](C)(C)C)cc1. The second-order valence-corrected chi connectivity index (χ2v) is 29.8. The Bertz CT molecular complexity index is 3300. The van der Waals surface area contributed by atoms with Gasteiger partial charge in [-0.25, -0.2) is 4.85 Å². The smallest absolute Gasteiger partial charge is 0.187 e. The van der Waals surface area contributed by atoms with E-state index in [-0.39, 0.29) is 4.66 Å². The topological polar surface area (TPSA) is 34.6 Å². The van der Waals surface area contributed by atoms with Crippen molar-refractivity contribution in [3.8, 4) is 17.2 Å². The highest BCUT2D eigenvalue weighted by molar-refractivity contribution is 7.00. The molecule has 9 aromatic rings. The Kier molecular flexibility index (Phi) is 9.49. The molecule has 0 fully saturated rings. The summed E-state index contributed by atoms with van der Waals surface area (Å²) in [6.07, 6.45) is 0. The Hall–Kier alpha value is -7.23. The first-order valence-electron chi connectivity index (χ1n) is 21.7. The summed E-state index contributed by atoms with van der Waals surface area (Å²) in [5, 5.41) is 17.4. The number of hydrogen-bond acceptors (Lipinski definition) is 3. The zero-order chi connectivity index (χ0) is 43.7. The van der Waals surface area contributed by atoms with Crippen molar-refractivity contribution < 1.29 is 0 Å². The zero-order valence-corrected chi connectivity index (χ0v) is 38.6. The molecule has 0 spiro atoms. The first-order chi connectivity index (χ1) is 30.5. The molecule has 63 heavy (non-hydrogen) atoms. The minimum absolute atomic E-state index is 0.199. The summed E-state index contributed by atoms with van der Waals surface area (Å²) in [7, 11) is -4.42. The number of fused-ring (bicyclic) bond motifs is 10. The Balaban J connectivity index is 1.34. The summed E-state index contributed by atoms with van der Waals surface area (Å²) in [6.45, 7) is 23.3. The third kappa shape index (κ3) is 6.13. The number of benzene rings is 9. The van der Waals surface area contributed by atoms with Crippen LogP contribution in [0.5, 0.6) is 0 Å². The second kappa shape index (κ2) is 15.0. The van der Waals surface area contributed by atoms with Gasteiger partial charge in [0.15, 0.2) is 5.69 Å². The maximum atomic E-state index is 9.79. The van der Waals surface area contributed by atoms with Gasteiger partial charge in [-0.3, -0.25) is 0 Å². The van der Waals surface area contributed by atoms with Crippen LogP contribution in [0.1, 0.15) is 16.7 Å². The third-order valence-electron chi connectivity index (χ3n) is 13.3. The van der Waals surface area contributed by atoms with Gasteiger partial charge in [-0.15, -0.1) is 0 Å². The van der Waals surface area contributed by atoms with Gasteiger partial charge in [0.2, 0.25) is 0 Å². The molecule has 0 unspecified atom stereocenters. The number of para-hydroxylation sites is 2. The second-order valence-electron chi connectivity index (χ2n) is 18.8. The van der Waals surface area contributed by atoms with Crippen LogP contribution >= 0.6 is 0 Å². The first-order valence-corrected chi connectivity index (χ1v) is 28.7. The number of nitrogens with zero attached hydrogens (tertiary/aromatic N) is 4. The van der Waals surface area contributed by atoms with Crippen molar-refractivity contribution in [3.05, 3.63) is 210 Å². The van der Waals surface area contributed by atoms with Crippen LogP contribution in [0.25, 0.3) is 48.3 Å². The zero-order valence-electron chi connectivity index (χ0n) is 36.6. The normalized spacial score (nSPS) is 13.0. The standard InChI is InChI=1S/C57H48N4Si2/c1-59-40-28-32-43(33-29-40)60(41-18-10-8-11-19-41)45-34-35-50-51(36-45)46-22-14-16-24-48(46)55-54-49-25-17-15-23-47(49)53(37-52(54)57(56(50)55,62(2,3)4)63(5,6)7)61(42-20-12-9-13-21-42)44-30-26-39(38-58)27-31-44/h8-37H,2-7H3. The molecule has 0 heterocycles. The Morgan fingerprint density at radius 3 is 1.51 bits per heavy atom. The van der Waals surface area contributed by atoms with Gasteiger partial charge in [0.25, 0.3) is 0 Å². The van der Waals surface area contributed by atoms with Crippen LogP contribution in [0.4, 0.5) is 39.8 Å². The summed E-state index contributed by atoms with van der Waals surface area (Å²) in [5.74, 6) is 0. The minimum Gasteiger partial charge on any atom is -0.311 e. The lowest BCUT2D eigenvalue weighted by Gasteiger charge is -2.52. The molecule has 0 atom stereocenters. The van der Waals surface area contributed by atoms with E-state index in [1.807, 2.05) is 24.3 Å². The lowest BCUT2D eigenvalue weighted by molar-refractivity contribution is 0.963. The van der Waals surface area contributed by atoms with Crippen molar-refractivity contribution >= 4 is 88.3 Å².